The van der Waals surface area contributed by atoms with Crippen LogP contribution in [0, 0.1) is 17.9 Å². The fourth-order valence-corrected chi connectivity index (χ4v) is 6.05. The van der Waals surface area contributed by atoms with Crippen molar-refractivity contribution < 1.29 is 9.47 Å². The molecule has 222 valence electrons. The van der Waals surface area contributed by atoms with Gasteiger partial charge in [0, 0.05) is 13.1 Å². The molecule has 0 N–H and O–H groups in total. The summed E-state index contributed by atoms with van der Waals surface area (Å²) in [6.45, 7) is 13.7. The van der Waals surface area contributed by atoms with Crippen LogP contribution in [-0.2, 0) is 0 Å². The molecule has 0 aliphatic carbocycles. The average Bonchev–Trinajstić information content (AvgIpc) is 3.10. The van der Waals surface area contributed by atoms with E-state index in [0.29, 0.717) is 22.4 Å². The lowest BCUT2D eigenvalue weighted by molar-refractivity contribution is 0.473. The van der Waals surface area contributed by atoms with Gasteiger partial charge >= 0.3 is 0 Å². The summed E-state index contributed by atoms with van der Waals surface area (Å²) < 4.78 is 12.5. The first-order valence-electron chi connectivity index (χ1n) is 15.3. The van der Waals surface area contributed by atoms with Gasteiger partial charge in [0.15, 0.2) is 28.7 Å². The highest BCUT2D eigenvalue weighted by Gasteiger charge is 2.24. The van der Waals surface area contributed by atoms with Crippen molar-refractivity contribution in [3.8, 4) is 29.1 Å². The highest BCUT2D eigenvalue weighted by molar-refractivity contribution is 5.85. The molecule has 2 aliphatic rings. The van der Waals surface area contributed by atoms with Crippen LogP contribution in [0.1, 0.15) is 41.7 Å². The molecule has 0 unspecified atom stereocenters. The van der Waals surface area contributed by atoms with Gasteiger partial charge in [-0.3, -0.25) is 0 Å². The van der Waals surface area contributed by atoms with E-state index >= 15 is 0 Å². The van der Waals surface area contributed by atoms with E-state index in [1.807, 2.05) is 85.0 Å². The number of hydrogen-bond acceptors (Lipinski definition) is 5. The van der Waals surface area contributed by atoms with Gasteiger partial charge in [-0.05, 0) is 96.8 Å². The second-order valence-corrected chi connectivity index (χ2v) is 11.0. The summed E-state index contributed by atoms with van der Waals surface area (Å²) in [6, 6.07) is 34.1. The number of nitrogens with zero attached hydrogens (tertiary/aromatic N) is 4. The molecule has 2 heterocycles. The van der Waals surface area contributed by atoms with Gasteiger partial charge in [0.05, 0.1) is 41.0 Å². The Balaban J connectivity index is 1.15. The van der Waals surface area contributed by atoms with Crippen molar-refractivity contribution in [2.45, 2.75) is 13.8 Å². The zero-order valence-electron chi connectivity index (χ0n) is 25.6. The standard InChI is InChI=1S/C40H30N4O2/c1-4-43-33-10-6-8-12-37(33)45-39-22-27(16-20-35(39)43)14-18-29-25-32(42-3)30(24-31(29)26-41)19-15-28-17-21-36-40(23-28)46-38-13-9-7-11-34(38)44(36)5-2/h6-25H,4-5H2,1-2H3/b18-14+,19-15+. The normalized spacial score (nSPS) is 12.8. The van der Waals surface area contributed by atoms with E-state index in [9.17, 15) is 5.26 Å². The minimum absolute atomic E-state index is 0.471. The van der Waals surface area contributed by atoms with Crippen LogP contribution in [0.25, 0.3) is 29.1 Å². The summed E-state index contributed by atoms with van der Waals surface area (Å²) in [5.74, 6) is 3.22. The van der Waals surface area contributed by atoms with Crippen molar-refractivity contribution in [2.24, 2.45) is 0 Å². The first kappa shape index (κ1) is 28.5. The molecule has 0 spiro atoms. The van der Waals surface area contributed by atoms with E-state index < -0.39 is 0 Å². The minimum atomic E-state index is 0.471. The van der Waals surface area contributed by atoms with E-state index in [2.05, 4.69) is 58.8 Å². The fourth-order valence-electron chi connectivity index (χ4n) is 6.05. The number of hydrogen-bond donors (Lipinski definition) is 0. The molecule has 46 heavy (non-hydrogen) atoms. The smallest absolute Gasteiger partial charge is 0.194 e. The molecule has 0 atom stereocenters. The molecule has 0 bridgehead atoms. The Morgan fingerprint density at radius 1 is 0.630 bits per heavy atom. The van der Waals surface area contributed by atoms with E-state index in [4.69, 9.17) is 16.0 Å². The molecule has 0 radical (unpaired) electrons. The van der Waals surface area contributed by atoms with Crippen LogP contribution in [0.5, 0.6) is 23.0 Å². The summed E-state index contributed by atoms with van der Waals surface area (Å²) >= 11 is 0. The Labute approximate surface area is 269 Å². The van der Waals surface area contributed by atoms with E-state index in [1.54, 1.807) is 12.1 Å². The maximum Gasteiger partial charge on any atom is 0.194 e. The van der Waals surface area contributed by atoms with Crippen molar-refractivity contribution in [1.29, 1.82) is 5.26 Å². The molecule has 0 fully saturated rings. The highest BCUT2D eigenvalue weighted by atomic mass is 16.5. The lowest BCUT2D eigenvalue weighted by atomic mass is 10.00. The number of nitriles is 1. The first-order chi connectivity index (χ1) is 22.6. The molecule has 5 aromatic carbocycles. The molecule has 0 amide bonds. The van der Waals surface area contributed by atoms with Gasteiger partial charge in [0.2, 0.25) is 0 Å². The second-order valence-electron chi connectivity index (χ2n) is 11.0. The molecule has 0 aromatic heterocycles. The zero-order valence-corrected chi connectivity index (χ0v) is 25.6. The molecule has 6 heteroatoms. The van der Waals surface area contributed by atoms with Crippen LogP contribution in [0.3, 0.4) is 0 Å². The molecule has 0 saturated carbocycles. The predicted molar refractivity (Wildman–Crippen MR) is 187 cm³/mol. The maximum absolute atomic E-state index is 10.0. The highest BCUT2D eigenvalue weighted by Crippen LogP contribution is 2.48. The van der Waals surface area contributed by atoms with Crippen LogP contribution >= 0.6 is 0 Å². The summed E-state index contributed by atoms with van der Waals surface area (Å²) in [5, 5.41) is 10.0. The number of fused-ring (bicyclic) bond motifs is 4. The van der Waals surface area contributed by atoms with Gasteiger partial charge < -0.3 is 19.3 Å². The number of para-hydroxylation sites is 4. The van der Waals surface area contributed by atoms with Crippen LogP contribution < -0.4 is 19.3 Å². The summed E-state index contributed by atoms with van der Waals surface area (Å²) in [6.07, 6.45) is 7.67. The summed E-state index contributed by atoms with van der Waals surface area (Å²) in [4.78, 5) is 8.26. The number of anilines is 4. The Morgan fingerprint density at radius 3 is 1.63 bits per heavy atom. The summed E-state index contributed by atoms with van der Waals surface area (Å²) in [7, 11) is 0. The monoisotopic (exact) mass is 598 g/mol. The second kappa shape index (κ2) is 12.0. The Kier molecular flexibility index (Phi) is 7.46. The molecule has 2 aliphatic heterocycles. The molecule has 6 nitrogen and oxygen atoms in total. The van der Waals surface area contributed by atoms with E-state index in [-0.39, 0.29) is 0 Å². The van der Waals surface area contributed by atoms with Gasteiger partial charge in [-0.15, -0.1) is 0 Å². The Morgan fingerprint density at radius 2 is 1.13 bits per heavy atom. The van der Waals surface area contributed by atoms with Crippen LogP contribution in [0.4, 0.5) is 28.4 Å². The van der Waals surface area contributed by atoms with Crippen molar-refractivity contribution in [1.82, 2.24) is 0 Å². The van der Waals surface area contributed by atoms with E-state index in [0.717, 1.165) is 70.0 Å². The van der Waals surface area contributed by atoms with Crippen LogP contribution in [0.15, 0.2) is 97.1 Å². The van der Waals surface area contributed by atoms with Gasteiger partial charge in [0.25, 0.3) is 0 Å². The number of benzene rings is 5. The first-order valence-corrected chi connectivity index (χ1v) is 15.3. The largest absolute Gasteiger partial charge is 0.453 e. The molecular weight excluding hydrogens is 568 g/mol. The lowest BCUT2D eigenvalue weighted by Crippen LogP contribution is -2.20. The van der Waals surface area contributed by atoms with E-state index in [1.165, 1.54) is 0 Å². The van der Waals surface area contributed by atoms with Crippen molar-refractivity contribution in [2.75, 3.05) is 22.9 Å². The predicted octanol–water partition coefficient (Wildman–Crippen LogP) is 11.0. The van der Waals surface area contributed by atoms with Crippen molar-refractivity contribution in [3.63, 3.8) is 0 Å². The summed E-state index contributed by atoms with van der Waals surface area (Å²) in [5.41, 5.74) is 8.34. The van der Waals surface area contributed by atoms with Gasteiger partial charge in [-0.1, -0.05) is 60.7 Å². The number of rotatable bonds is 6. The van der Waals surface area contributed by atoms with Gasteiger partial charge in [-0.25, -0.2) is 4.85 Å². The van der Waals surface area contributed by atoms with Gasteiger partial charge in [0.1, 0.15) is 0 Å². The molecule has 5 aromatic rings. The molecule has 7 rings (SSSR count). The maximum atomic E-state index is 10.0. The number of ether oxygens (including phenoxy) is 2. The average molecular weight is 599 g/mol. The van der Waals surface area contributed by atoms with Gasteiger partial charge in [-0.2, -0.15) is 5.26 Å². The third-order valence-corrected chi connectivity index (χ3v) is 8.28. The van der Waals surface area contributed by atoms with Crippen molar-refractivity contribution in [3.05, 3.63) is 136 Å². The Bertz CT molecular complexity index is 1980. The lowest BCUT2D eigenvalue weighted by Gasteiger charge is -2.32. The zero-order chi connectivity index (χ0) is 31.6. The third-order valence-electron chi connectivity index (χ3n) is 8.28. The van der Waals surface area contributed by atoms with Crippen LogP contribution in [-0.4, -0.2) is 13.1 Å². The topological polar surface area (TPSA) is 53.1 Å². The Hall–Kier alpha value is -6.24. The minimum Gasteiger partial charge on any atom is -0.453 e. The van der Waals surface area contributed by atoms with Crippen LogP contribution in [0.2, 0.25) is 0 Å². The SMILES string of the molecule is [C-]#[N+]c1cc(/C=C/c2ccc3c(c2)Oc2ccccc2N3CC)c(C#N)cc1/C=C/c1ccc2c(c1)Oc1ccccc1N2CC. The third kappa shape index (κ3) is 5.13. The fraction of sp³-hybridized carbons (Fsp3) is 0.100. The molecule has 0 saturated heterocycles. The van der Waals surface area contributed by atoms with Crippen molar-refractivity contribution >= 4 is 52.7 Å². The quantitative estimate of drug-likeness (QED) is 0.144. The molecular formula is C40H30N4O2.